The number of hydrogen-bond acceptors (Lipinski definition) is 7. The van der Waals surface area contributed by atoms with Gasteiger partial charge in [-0.3, -0.25) is 0 Å². The van der Waals surface area contributed by atoms with Gasteiger partial charge in [-0.2, -0.15) is 0 Å². The van der Waals surface area contributed by atoms with Crippen LogP contribution in [0, 0.1) is 5.92 Å². The van der Waals surface area contributed by atoms with Gasteiger partial charge in [-0.15, -0.1) is 0 Å². The van der Waals surface area contributed by atoms with Crippen molar-refractivity contribution in [2.75, 3.05) is 6.61 Å². The minimum atomic E-state index is -1.85. The van der Waals surface area contributed by atoms with Crippen molar-refractivity contribution in [3.8, 4) is 0 Å². The molecule has 4 N–H and O–H groups in total. The van der Waals surface area contributed by atoms with Gasteiger partial charge in [-0.05, 0) is 13.0 Å². The molecule has 0 aromatic heterocycles. The second kappa shape index (κ2) is 4.87. The summed E-state index contributed by atoms with van der Waals surface area (Å²) in [4.78, 5) is 11.7. The Bertz CT molecular complexity index is 556. The predicted octanol–water partition coefficient (Wildman–Crippen LogP) is -1.00. The molecule has 122 valence electrons. The van der Waals surface area contributed by atoms with Gasteiger partial charge in [0.05, 0.1) is 30.3 Å². The lowest BCUT2D eigenvalue weighted by molar-refractivity contribution is -0.209. The smallest absolute Gasteiger partial charge is 0.334 e. The van der Waals surface area contributed by atoms with Crippen LogP contribution in [0.5, 0.6) is 0 Å². The molecule has 6 atom stereocenters. The summed E-state index contributed by atoms with van der Waals surface area (Å²) in [6.45, 7) is 4.71. The van der Waals surface area contributed by atoms with Crippen molar-refractivity contribution in [2.24, 2.45) is 5.92 Å². The number of rotatable bonds is 1. The van der Waals surface area contributed by atoms with Gasteiger partial charge in [0, 0.05) is 24.0 Å². The summed E-state index contributed by atoms with van der Waals surface area (Å²) in [5, 5.41) is 40.9. The van der Waals surface area contributed by atoms with Crippen molar-refractivity contribution in [3.63, 3.8) is 0 Å². The first-order valence-corrected chi connectivity index (χ1v) is 7.21. The summed E-state index contributed by atoms with van der Waals surface area (Å²) in [5.74, 6) is -3.17. The fourth-order valence-electron chi connectivity index (χ4n) is 3.59. The lowest BCUT2D eigenvalue weighted by Crippen LogP contribution is -2.43. The van der Waals surface area contributed by atoms with E-state index in [4.69, 9.17) is 9.47 Å². The van der Waals surface area contributed by atoms with Crippen LogP contribution in [0.3, 0.4) is 0 Å². The maximum Gasteiger partial charge on any atom is 0.334 e. The van der Waals surface area contributed by atoms with E-state index >= 15 is 0 Å². The van der Waals surface area contributed by atoms with Crippen molar-refractivity contribution < 1.29 is 34.7 Å². The first kappa shape index (κ1) is 15.6. The number of fused-ring (bicyclic) bond motifs is 3. The summed E-state index contributed by atoms with van der Waals surface area (Å²) in [7, 11) is 0. The molecule has 3 aliphatic rings. The number of carbonyl (C=O) groups excluding carboxylic acids is 1. The SMILES string of the molecule is C=C1C(=O)OC2C=C(CO)C3(O)CC(O)C(C)(CC(O)C12)O3. The molecule has 2 fully saturated rings. The zero-order valence-electron chi connectivity index (χ0n) is 12.2. The standard InChI is InChI=1S/C15H20O7/c1-7-12-9(17)4-14(2)11(18)5-15(20,22-14)8(6-16)3-10(12)21-13(7)19/h3,9-12,16-18,20H,1,4-6H2,2H3. The van der Waals surface area contributed by atoms with Gasteiger partial charge < -0.3 is 29.9 Å². The number of hydrogen-bond donors (Lipinski definition) is 4. The molecule has 7 heteroatoms. The summed E-state index contributed by atoms with van der Waals surface area (Å²) in [6, 6.07) is 0. The van der Waals surface area contributed by atoms with E-state index in [1.807, 2.05) is 0 Å². The molecule has 0 aromatic rings. The van der Waals surface area contributed by atoms with Crippen LogP contribution in [-0.4, -0.2) is 62.7 Å². The monoisotopic (exact) mass is 312 g/mol. The van der Waals surface area contributed by atoms with E-state index < -0.39 is 48.2 Å². The van der Waals surface area contributed by atoms with Crippen molar-refractivity contribution in [1.82, 2.24) is 0 Å². The zero-order chi connectivity index (χ0) is 16.3. The third-order valence-corrected chi connectivity index (χ3v) is 4.91. The van der Waals surface area contributed by atoms with Gasteiger partial charge in [-0.25, -0.2) is 4.79 Å². The fourth-order valence-corrected chi connectivity index (χ4v) is 3.59. The van der Waals surface area contributed by atoms with Crippen LogP contribution in [0.1, 0.15) is 19.8 Å². The van der Waals surface area contributed by atoms with Crippen LogP contribution < -0.4 is 0 Å². The van der Waals surface area contributed by atoms with Crippen LogP contribution in [0.15, 0.2) is 23.8 Å². The maximum absolute atomic E-state index is 11.7. The molecular formula is C15H20O7. The summed E-state index contributed by atoms with van der Waals surface area (Å²) in [5.41, 5.74) is -0.973. The van der Waals surface area contributed by atoms with E-state index in [-0.39, 0.29) is 24.0 Å². The Morgan fingerprint density at radius 3 is 2.73 bits per heavy atom. The Morgan fingerprint density at radius 1 is 1.41 bits per heavy atom. The van der Waals surface area contributed by atoms with Gasteiger partial charge in [0.25, 0.3) is 0 Å². The average Bonchev–Trinajstić information content (AvgIpc) is 2.82. The van der Waals surface area contributed by atoms with E-state index in [1.54, 1.807) is 6.92 Å². The highest BCUT2D eigenvalue weighted by Crippen LogP contribution is 2.47. The molecule has 0 saturated carbocycles. The molecule has 22 heavy (non-hydrogen) atoms. The highest BCUT2D eigenvalue weighted by molar-refractivity contribution is 5.91. The lowest BCUT2D eigenvalue weighted by atomic mass is 9.81. The molecule has 0 amide bonds. The minimum Gasteiger partial charge on any atom is -0.454 e. The molecule has 7 nitrogen and oxygen atoms in total. The van der Waals surface area contributed by atoms with Crippen LogP contribution in [-0.2, 0) is 14.3 Å². The molecule has 6 unspecified atom stereocenters. The average molecular weight is 312 g/mol. The largest absolute Gasteiger partial charge is 0.454 e. The highest BCUT2D eigenvalue weighted by Gasteiger charge is 2.57. The molecule has 0 aromatic carbocycles. The van der Waals surface area contributed by atoms with Gasteiger partial charge in [0.2, 0.25) is 0 Å². The van der Waals surface area contributed by atoms with E-state index in [9.17, 15) is 25.2 Å². The third-order valence-electron chi connectivity index (χ3n) is 4.91. The molecule has 0 spiro atoms. The Kier molecular flexibility index (Phi) is 3.46. The maximum atomic E-state index is 11.7. The molecule has 3 rings (SSSR count). The van der Waals surface area contributed by atoms with Gasteiger partial charge in [0.15, 0.2) is 5.79 Å². The number of aliphatic hydroxyl groups is 4. The second-order valence-corrected chi connectivity index (χ2v) is 6.46. The Morgan fingerprint density at radius 2 is 2.09 bits per heavy atom. The zero-order valence-corrected chi connectivity index (χ0v) is 12.2. The summed E-state index contributed by atoms with van der Waals surface area (Å²) >= 11 is 0. The van der Waals surface area contributed by atoms with E-state index in [1.165, 1.54) is 6.08 Å². The first-order chi connectivity index (χ1) is 10.2. The van der Waals surface area contributed by atoms with Gasteiger partial charge in [0.1, 0.15) is 6.10 Å². The van der Waals surface area contributed by atoms with Crippen LogP contribution in [0.4, 0.5) is 0 Å². The van der Waals surface area contributed by atoms with E-state index in [0.29, 0.717) is 0 Å². The van der Waals surface area contributed by atoms with Gasteiger partial charge >= 0.3 is 5.97 Å². The Labute approximate surface area is 127 Å². The number of aliphatic hydroxyl groups excluding tert-OH is 3. The topological polar surface area (TPSA) is 116 Å². The molecule has 0 radical (unpaired) electrons. The summed E-state index contributed by atoms with van der Waals surface area (Å²) < 4.78 is 10.8. The molecule has 3 aliphatic heterocycles. The Hall–Kier alpha value is -1.25. The fraction of sp³-hybridized carbons (Fsp3) is 0.667. The molecular weight excluding hydrogens is 292 g/mol. The number of ether oxygens (including phenoxy) is 2. The summed E-state index contributed by atoms with van der Waals surface area (Å²) in [6.07, 6.45) is -1.64. The van der Waals surface area contributed by atoms with Crippen LogP contribution >= 0.6 is 0 Å². The predicted molar refractivity (Wildman–Crippen MR) is 73.4 cm³/mol. The Balaban J connectivity index is 2.10. The van der Waals surface area contributed by atoms with Crippen molar-refractivity contribution >= 4 is 5.97 Å². The van der Waals surface area contributed by atoms with E-state index in [2.05, 4.69) is 6.58 Å². The van der Waals surface area contributed by atoms with Crippen molar-refractivity contribution in [1.29, 1.82) is 0 Å². The van der Waals surface area contributed by atoms with Crippen LogP contribution in [0.2, 0.25) is 0 Å². The highest BCUT2D eigenvalue weighted by atomic mass is 16.7. The number of esters is 1. The normalized spacial score (nSPS) is 48.1. The third kappa shape index (κ3) is 2.12. The molecule has 0 aliphatic carbocycles. The lowest BCUT2D eigenvalue weighted by Gasteiger charge is -2.32. The quantitative estimate of drug-likeness (QED) is 0.279. The van der Waals surface area contributed by atoms with Crippen molar-refractivity contribution in [3.05, 3.63) is 23.8 Å². The minimum absolute atomic E-state index is 0.000147. The van der Waals surface area contributed by atoms with Crippen molar-refractivity contribution in [2.45, 2.75) is 49.5 Å². The first-order valence-electron chi connectivity index (χ1n) is 7.21. The van der Waals surface area contributed by atoms with Crippen LogP contribution in [0.25, 0.3) is 0 Å². The number of carbonyl (C=O) groups is 1. The molecule has 3 heterocycles. The molecule has 2 saturated heterocycles. The van der Waals surface area contributed by atoms with E-state index in [0.717, 1.165) is 0 Å². The second-order valence-electron chi connectivity index (χ2n) is 6.46. The van der Waals surface area contributed by atoms with Gasteiger partial charge in [-0.1, -0.05) is 6.58 Å². The molecule has 2 bridgehead atoms.